The summed E-state index contributed by atoms with van der Waals surface area (Å²) < 4.78 is 67.6. The quantitative estimate of drug-likeness (QED) is 0.0169. The number of allylic oxidation sites excluding steroid dienone is 4. The second-order valence-electron chi connectivity index (χ2n) is 21.6. The first-order valence-corrected chi connectivity index (χ1v) is 34.5. The second kappa shape index (κ2) is 54.5. The Balaban J connectivity index is 5.24. The lowest BCUT2D eigenvalue weighted by Crippen LogP contribution is -2.30. The van der Waals surface area contributed by atoms with Crippen molar-refractivity contribution in [1.82, 2.24) is 0 Å². The fraction of sp³-hybridized carbons (Fsp3) is 0.869. The van der Waals surface area contributed by atoms with Gasteiger partial charge in [0.1, 0.15) is 19.3 Å². The highest BCUT2D eigenvalue weighted by Crippen LogP contribution is 2.45. The summed E-state index contributed by atoms with van der Waals surface area (Å²) in [5, 5.41) is 10.5. The molecular formula is C61H114O17P2. The number of aliphatic hydroxyl groups is 1. The molecule has 0 aromatic rings. The average molecular weight is 1180 g/mol. The van der Waals surface area contributed by atoms with Gasteiger partial charge >= 0.3 is 39.5 Å². The minimum Gasteiger partial charge on any atom is -0.462 e. The number of phosphoric acid groups is 2. The lowest BCUT2D eigenvalue weighted by atomic mass is 10.00. The van der Waals surface area contributed by atoms with Gasteiger partial charge in [-0.2, -0.15) is 0 Å². The van der Waals surface area contributed by atoms with Gasteiger partial charge in [0.15, 0.2) is 12.2 Å². The lowest BCUT2D eigenvalue weighted by molar-refractivity contribution is -0.161. The third-order valence-electron chi connectivity index (χ3n) is 13.8. The number of carbonyl (C=O) groups is 4. The molecule has 0 aliphatic heterocycles. The van der Waals surface area contributed by atoms with E-state index in [4.69, 9.17) is 37.0 Å². The zero-order valence-corrected chi connectivity index (χ0v) is 52.5. The third kappa shape index (κ3) is 53.5. The molecule has 17 nitrogen and oxygen atoms in total. The number of hydrogen-bond acceptors (Lipinski definition) is 15. The highest BCUT2D eigenvalue weighted by Gasteiger charge is 2.30. The Kier molecular flexibility index (Phi) is 52.8. The Hall–Kier alpha value is -2.46. The third-order valence-corrected chi connectivity index (χ3v) is 15.7. The predicted octanol–water partition coefficient (Wildman–Crippen LogP) is 16.2. The standard InChI is InChI=1S/C61H114O17P2/c1-6-10-13-16-19-21-22-23-24-25-26-27-30-37-42-47-61(66)78-57(51-72-59(64)45-40-35-32-31-33-38-43-54(5)9-4)53-76-80(69,70)74-49-55(62)48-73-79(67,68)75-52-56(50-71-58(63)44-39-34-28-18-15-12-8-3)77-60(65)46-41-36-29-20-17-14-11-7-2/h21-24,54-57,62H,6-20,25-53H2,1-5H3,(H,67,68)(H,69,70)/b22-21-,24-23-/t54?,55-,56+,57+/m0/s1. The van der Waals surface area contributed by atoms with Gasteiger partial charge in [-0.1, -0.05) is 226 Å². The molecule has 6 atom stereocenters. The van der Waals surface area contributed by atoms with Crippen LogP contribution in [0.15, 0.2) is 24.3 Å². The van der Waals surface area contributed by atoms with Crippen molar-refractivity contribution in [2.24, 2.45) is 5.92 Å². The van der Waals surface area contributed by atoms with Crippen LogP contribution in [0.2, 0.25) is 0 Å². The number of aliphatic hydroxyl groups excluding tert-OH is 1. The molecule has 0 heterocycles. The number of phosphoric ester groups is 2. The molecule has 3 N–H and O–H groups in total. The van der Waals surface area contributed by atoms with E-state index >= 15 is 0 Å². The monoisotopic (exact) mass is 1180 g/mol. The molecule has 0 radical (unpaired) electrons. The molecule has 80 heavy (non-hydrogen) atoms. The van der Waals surface area contributed by atoms with Crippen LogP contribution in [0.3, 0.4) is 0 Å². The van der Waals surface area contributed by atoms with Gasteiger partial charge in [-0.05, 0) is 57.3 Å². The van der Waals surface area contributed by atoms with Gasteiger partial charge < -0.3 is 33.8 Å². The maximum Gasteiger partial charge on any atom is 0.472 e. The number of carbonyl (C=O) groups excluding carboxylic acids is 4. The molecule has 0 bridgehead atoms. The van der Waals surface area contributed by atoms with Gasteiger partial charge in [-0.15, -0.1) is 0 Å². The zero-order valence-electron chi connectivity index (χ0n) is 50.7. The van der Waals surface area contributed by atoms with Crippen LogP contribution in [0.25, 0.3) is 0 Å². The van der Waals surface area contributed by atoms with E-state index in [0.29, 0.717) is 25.7 Å². The summed E-state index contributed by atoms with van der Waals surface area (Å²) in [6.07, 6.45) is 40.0. The molecule has 470 valence electrons. The van der Waals surface area contributed by atoms with Gasteiger partial charge in [0, 0.05) is 25.7 Å². The molecule has 0 amide bonds. The van der Waals surface area contributed by atoms with E-state index in [9.17, 15) is 43.2 Å². The van der Waals surface area contributed by atoms with Crippen molar-refractivity contribution in [3.63, 3.8) is 0 Å². The molecule has 0 fully saturated rings. The molecule has 0 saturated heterocycles. The summed E-state index contributed by atoms with van der Waals surface area (Å²) in [7, 11) is -9.88. The van der Waals surface area contributed by atoms with Crippen molar-refractivity contribution in [2.45, 2.75) is 297 Å². The van der Waals surface area contributed by atoms with E-state index in [2.05, 4.69) is 58.9 Å². The molecule has 0 rings (SSSR count). The number of hydrogen-bond donors (Lipinski definition) is 3. The van der Waals surface area contributed by atoms with E-state index in [0.717, 1.165) is 134 Å². The van der Waals surface area contributed by atoms with Crippen molar-refractivity contribution in [1.29, 1.82) is 0 Å². The van der Waals surface area contributed by atoms with Crippen LogP contribution in [0.1, 0.15) is 279 Å². The molecule has 0 aliphatic rings. The smallest absolute Gasteiger partial charge is 0.462 e. The van der Waals surface area contributed by atoms with Crippen LogP contribution < -0.4 is 0 Å². The van der Waals surface area contributed by atoms with Crippen LogP contribution >= 0.6 is 15.6 Å². The average Bonchev–Trinajstić information content (AvgIpc) is 3.43. The van der Waals surface area contributed by atoms with Gasteiger partial charge in [0.25, 0.3) is 0 Å². The van der Waals surface area contributed by atoms with Crippen molar-refractivity contribution in [2.75, 3.05) is 39.6 Å². The molecular weight excluding hydrogens is 1070 g/mol. The molecule has 0 aliphatic carbocycles. The van der Waals surface area contributed by atoms with Crippen molar-refractivity contribution in [3.05, 3.63) is 24.3 Å². The second-order valence-corrected chi connectivity index (χ2v) is 24.6. The van der Waals surface area contributed by atoms with Gasteiger partial charge in [0.2, 0.25) is 0 Å². The van der Waals surface area contributed by atoms with Crippen LogP contribution in [-0.4, -0.2) is 96.7 Å². The van der Waals surface area contributed by atoms with E-state index in [-0.39, 0.29) is 25.7 Å². The molecule has 19 heteroatoms. The summed E-state index contributed by atoms with van der Waals surface area (Å²) in [6, 6.07) is 0. The highest BCUT2D eigenvalue weighted by molar-refractivity contribution is 7.47. The number of rotatable bonds is 59. The number of ether oxygens (including phenoxy) is 4. The van der Waals surface area contributed by atoms with Gasteiger partial charge in [-0.3, -0.25) is 37.3 Å². The summed E-state index contributed by atoms with van der Waals surface area (Å²) >= 11 is 0. The van der Waals surface area contributed by atoms with E-state index in [1.165, 1.54) is 64.2 Å². The van der Waals surface area contributed by atoms with Crippen LogP contribution in [-0.2, 0) is 65.4 Å². The molecule has 0 aromatic carbocycles. The minimum atomic E-state index is -4.95. The van der Waals surface area contributed by atoms with Gasteiger partial charge in [-0.25, -0.2) is 9.13 Å². The maximum absolute atomic E-state index is 12.9. The van der Waals surface area contributed by atoms with E-state index in [1.807, 2.05) is 0 Å². The van der Waals surface area contributed by atoms with Crippen molar-refractivity contribution < 1.29 is 80.2 Å². The first kappa shape index (κ1) is 77.5. The first-order valence-electron chi connectivity index (χ1n) is 31.5. The maximum atomic E-state index is 12.9. The number of unbranched alkanes of at least 4 members (excludes halogenated alkanes) is 27. The lowest BCUT2D eigenvalue weighted by Gasteiger charge is -2.21. The Labute approximate surface area is 484 Å². The topological polar surface area (TPSA) is 237 Å². The summed E-state index contributed by atoms with van der Waals surface area (Å²) in [4.78, 5) is 71.8. The van der Waals surface area contributed by atoms with Crippen LogP contribution in [0, 0.1) is 5.92 Å². The SMILES string of the molecule is CCCCCC/C=C\C=C/CCCCCCCC(=O)O[C@H](COC(=O)CCCCCCCCC(C)CC)COP(=O)(O)OC[C@@H](O)COP(=O)(O)OC[C@@H](COC(=O)CCCCCCCCC)OC(=O)CCCCCCCCCC. The zero-order chi connectivity index (χ0) is 59.2. The van der Waals surface area contributed by atoms with E-state index in [1.54, 1.807) is 0 Å². The Morgan fingerprint density at radius 1 is 0.400 bits per heavy atom. The fourth-order valence-corrected chi connectivity index (χ4v) is 10.1. The Bertz CT molecular complexity index is 1660. The Morgan fingerprint density at radius 3 is 1.06 bits per heavy atom. The highest BCUT2D eigenvalue weighted by atomic mass is 31.2. The van der Waals surface area contributed by atoms with Crippen LogP contribution in [0.5, 0.6) is 0 Å². The molecule has 3 unspecified atom stereocenters. The summed E-state index contributed by atoms with van der Waals surface area (Å²) in [5.41, 5.74) is 0. The van der Waals surface area contributed by atoms with Crippen molar-refractivity contribution >= 4 is 39.5 Å². The summed E-state index contributed by atoms with van der Waals surface area (Å²) in [5.74, 6) is -1.45. The van der Waals surface area contributed by atoms with Crippen LogP contribution in [0.4, 0.5) is 0 Å². The first-order chi connectivity index (χ1) is 38.6. The van der Waals surface area contributed by atoms with E-state index < -0.39 is 97.5 Å². The normalized spacial score (nSPS) is 14.8. The minimum absolute atomic E-state index is 0.0840. The fourth-order valence-electron chi connectivity index (χ4n) is 8.48. The Morgan fingerprint density at radius 2 is 0.700 bits per heavy atom. The predicted molar refractivity (Wildman–Crippen MR) is 317 cm³/mol. The summed E-state index contributed by atoms with van der Waals surface area (Å²) in [6.45, 7) is 6.99. The van der Waals surface area contributed by atoms with Crippen molar-refractivity contribution in [3.8, 4) is 0 Å². The molecule has 0 saturated carbocycles. The largest absolute Gasteiger partial charge is 0.472 e. The van der Waals surface area contributed by atoms with Gasteiger partial charge in [0.05, 0.1) is 26.4 Å². The number of esters is 4. The molecule has 0 spiro atoms. The molecule has 0 aromatic heterocycles.